The predicted octanol–water partition coefficient (Wildman–Crippen LogP) is 6.14. The smallest absolute Gasteiger partial charge is 0.321 e. The largest absolute Gasteiger partial charge is 0.487 e. The highest BCUT2D eigenvalue weighted by molar-refractivity contribution is 6.66. The number of amides is 1. The maximum atomic E-state index is 11.8. The first-order chi connectivity index (χ1) is 14.9. The average molecular weight is 442 g/mol. The number of methoxy groups -OCH3 is 1. The van der Waals surface area contributed by atoms with Gasteiger partial charge in [-0.15, -0.1) is 0 Å². The van der Waals surface area contributed by atoms with Crippen molar-refractivity contribution in [2.75, 3.05) is 18.6 Å². The molecule has 2 aromatic carbocycles. The maximum absolute atomic E-state index is 11.8. The molecule has 5 nitrogen and oxygen atoms in total. The minimum atomic E-state index is -0.491. The van der Waals surface area contributed by atoms with Gasteiger partial charge in [0.1, 0.15) is 11.9 Å². The molecule has 1 heterocycles. The molecule has 0 saturated heterocycles. The lowest BCUT2D eigenvalue weighted by Gasteiger charge is -2.32. The molecule has 0 spiro atoms. The third-order valence-corrected chi connectivity index (χ3v) is 6.68. The highest BCUT2D eigenvalue weighted by Gasteiger charge is 2.27. The highest BCUT2D eigenvalue weighted by atomic mass is 35.5. The molecular weight excluding hydrogens is 414 g/mol. The Morgan fingerprint density at radius 1 is 1.06 bits per heavy atom. The van der Waals surface area contributed by atoms with Crippen molar-refractivity contribution in [1.82, 2.24) is 0 Å². The Kier molecular flexibility index (Phi) is 6.51. The molecule has 1 aliphatic carbocycles. The minimum absolute atomic E-state index is 0.102. The lowest BCUT2D eigenvalue weighted by atomic mass is 9.77. The number of fused-ring (bicyclic) bond motifs is 1. The number of ether oxygens (including phenoxy) is 2. The van der Waals surface area contributed by atoms with E-state index in [1.54, 1.807) is 4.90 Å². The van der Waals surface area contributed by atoms with Crippen LogP contribution in [0.4, 0.5) is 10.5 Å². The van der Waals surface area contributed by atoms with Crippen LogP contribution < -0.4 is 9.64 Å². The molecule has 1 amide bonds. The zero-order valence-electron chi connectivity index (χ0n) is 18.0. The van der Waals surface area contributed by atoms with E-state index in [0.29, 0.717) is 36.2 Å². The number of carbonyl (C=O) groups is 2. The number of carbonyl (C=O) groups excluding carboxylic acids is 2. The second-order valence-corrected chi connectivity index (χ2v) is 8.92. The van der Waals surface area contributed by atoms with Gasteiger partial charge >= 0.3 is 11.3 Å². The fourth-order valence-electron chi connectivity index (χ4n) is 4.75. The van der Waals surface area contributed by atoms with E-state index < -0.39 is 5.37 Å². The molecule has 1 fully saturated rings. The van der Waals surface area contributed by atoms with Crippen LogP contribution in [0.15, 0.2) is 42.5 Å². The van der Waals surface area contributed by atoms with E-state index in [9.17, 15) is 9.59 Å². The normalized spacial score (nSPS) is 22.9. The highest BCUT2D eigenvalue weighted by Crippen LogP contribution is 2.40. The lowest BCUT2D eigenvalue weighted by Crippen LogP contribution is -2.39. The molecule has 1 atom stereocenters. The van der Waals surface area contributed by atoms with Gasteiger partial charge in [0.05, 0.1) is 19.3 Å². The van der Waals surface area contributed by atoms with Crippen LogP contribution in [0.1, 0.15) is 50.5 Å². The molecule has 0 N–H and O–H groups in total. The summed E-state index contributed by atoms with van der Waals surface area (Å²) < 4.78 is 10.8. The van der Waals surface area contributed by atoms with Crippen LogP contribution >= 0.6 is 11.6 Å². The summed E-state index contributed by atoms with van der Waals surface area (Å²) in [6.07, 6.45) is 4.77. The fraction of sp³-hybridized carbons (Fsp3) is 0.440. The van der Waals surface area contributed by atoms with Crippen molar-refractivity contribution in [2.45, 2.75) is 51.0 Å². The minimum Gasteiger partial charge on any atom is -0.487 e. The Hall–Kier alpha value is -2.53. The van der Waals surface area contributed by atoms with Crippen LogP contribution in [-0.2, 0) is 9.53 Å². The molecule has 1 aliphatic heterocycles. The Balaban J connectivity index is 1.45. The SMILES string of the molecule is COC(=O)C[C@H]1CC[C@H](c2ccc(-c3ccc4c(c3)OC(C)CN4C(=O)Cl)cc2)CC1. The molecule has 1 unspecified atom stereocenters. The molecule has 0 radical (unpaired) electrons. The van der Waals surface area contributed by atoms with Crippen molar-refractivity contribution in [2.24, 2.45) is 5.92 Å². The number of esters is 1. The van der Waals surface area contributed by atoms with Gasteiger partial charge in [-0.3, -0.25) is 14.5 Å². The Morgan fingerprint density at radius 2 is 1.74 bits per heavy atom. The van der Waals surface area contributed by atoms with E-state index >= 15 is 0 Å². The summed E-state index contributed by atoms with van der Waals surface area (Å²) in [5.74, 6) is 1.56. The molecule has 31 heavy (non-hydrogen) atoms. The number of nitrogens with zero attached hydrogens (tertiary/aromatic N) is 1. The van der Waals surface area contributed by atoms with Gasteiger partial charge in [-0.1, -0.05) is 30.3 Å². The van der Waals surface area contributed by atoms with Gasteiger partial charge in [0.2, 0.25) is 0 Å². The first-order valence-corrected chi connectivity index (χ1v) is 11.3. The van der Waals surface area contributed by atoms with E-state index in [1.807, 2.05) is 25.1 Å². The molecule has 0 bridgehead atoms. The molecule has 0 aromatic heterocycles. The van der Waals surface area contributed by atoms with Crippen LogP contribution in [0.5, 0.6) is 5.75 Å². The standard InChI is InChI=1S/C25H28ClNO4/c1-16-15-27(25(26)29)22-12-11-21(14-23(22)31-16)20-9-7-19(8-10-20)18-5-3-17(4-6-18)13-24(28)30-2/h7-12,14,16-18H,3-6,13,15H2,1-2H3/t16?,17-,18-. The number of hydrogen-bond donors (Lipinski definition) is 0. The Bertz CT molecular complexity index is 950. The van der Waals surface area contributed by atoms with Crippen LogP contribution in [0, 0.1) is 5.92 Å². The van der Waals surface area contributed by atoms with E-state index in [0.717, 1.165) is 36.8 Å². The van der Waals surface area contributed by atoms with Gasteiger partial charge < -0.3 is 9.47 Å². The van der Waals surface area contributed by atoms with E-state index in [4.69, 9.17) is 21.1 Å². The third kappa shape index (κ3) is 4.87. The molecular formula is C25H28ClNO4. The predicted molar refractivity (Wildman–Crippen MR) is 122 cm³/mol. The monoisotopic (exact) mass is 441 g/mol. The van der Waals surface area contributed by atoms with Gasteiger partial charge in [0.15, 0.2) is 0 Å². The molecule has 164 valence electrons. The van der Waals surface area contributed by atoms with Gasteiger partial charge in [-0.25, -0.2) is 0 Å². The molecule has 2 aliphatic rings. The quantitative estimate of drug-likeness (QED) is 0.325. The molecule has 1 saturated carbocycles. The Morgan fingerprint density at radius 3 is 2.39 bits per heavy atom. The van der Waals surface area contributed by atoms with Crippen molar-refractivity contribution < 1.29 is 19.1 Å². The van der Waals surface area contributed by atoms with Crippen molar-refractivity contribution in [1.29, 1.82) is 0 Å². The number of hydrogen-bond acceptors (Lipinski definition) is 4. The van der Waals surface area contributed by atoms with Crippen molar-refractivity contribution >= 4 is 28.6 Å². The summed E-state index contributed by atoms with van der Waals surface area (Å²) in [7, 11) is 1.46. The van der Waals surface area contributed by atoms with Crippen molar-refractivity contribution in [3.8, 4) is 16.9 Å². The first kappa shape index (κ1) is 21.7. The van der Waals surface area contributed by atoms with E-state index in [1.165, 1.54) is 12.7 Å². The summed E-state index contributed by atoms with van der Waals surface area (Å²) in [6, 6.07) is 14.6. The molecule has 4 rings (SSSR count). The van der Waals surface area contributed by atoms with Gasteiger partial charge in [-0.05, 0) is 84.9 Å². The number of benzene rings is 2. The zero-order valence-corrected chi connectivity index (χ0v) is 18.7. The topological polar surface area (TPSA) is 55.8 Å². The second-order valence-electron chi connectivity index (χ2n) is 8.59. The number of rotatable bonds is 4. The van der Waals surface area contributed by atoms with Crippen LogP contribution in [0.3, 0.4) is 0 Å². The van der Waals surface area contributed by atoms with Gasteiger partial charge in [-0.2, -0.15) is 0 Å². The van der Waals surface area contributed by atoms with Crippen LogP contribution in [0.25, 0.3) is 11.1 Å². The summed E-state index contributed by atoms with van der Waals surface area (Å²) >= 11 is 5.75. The van der Waals surface area contributed by atoms with Crippen molar-refractivity contribution in [3.63, 3.8) is 0 Å². The van der Waals surface area contributed by atoms with E-state index in [-0.39, 0.29) is 12.1 Å². The zero-order chi connectivity index (χ0) is 22.0. The average Bonchev–Trinajstić information content (AvgIpc) is 2.78. The fourth-order valence-corrected chi connectivity index (χ4v) is 4.91. The van der Waals surface area contributed by atoms with Crippen LogP contribution in [0.2, 0.25) is 0 Å². The number of anilines is 1. The molecule has 6 heteroatoms. The van der Waals surface area contributed by atoms with Crippen molar-refractivity contribution in [3.05, 3.63) is 48.0 Å². The summed E-state index contributed by atoms with van der Waals surface area (Å²) in [4.78, 5) is 24.8. The third-order valence-electron chi connectivity index (χ3n) is 6.48. The van der Waals surface area contributed by atoms with Gasteiger partial charge in [0, 0.05) is 6.42 Å². The Labute approximate surface area is 188 Å². The van der Waals surface area contributed by atoms with E-state index in [2.05, 4.69) is 24.3 Å². The van der Waals surface area contributed by atoms with Gasteiger partial charge in [0.25, 0.3) is 0 Å². The number of halogens is 1. The first-order valence-electron chi connectivity index (χ1n) is 10.9. The molecule has 2 aromatic rings. The second kappa shape index (κ2) is 9.31. The lowest BCUT2D eigenvalue weighted by molar-refractivity contribution is -0.142. The maximum Gasteiger partial charge on any atom is 0.321 e. The summed E-state index contributed by atoms with van der Waals surface area (Å²) in [5, 5.41) is -0.491. The van der Waals surface area contributed by atoms with Crippen LogP contribution in [-0.4, -0.2) is 31.1 Å². The summed E-state index contributed by atoms with van der Waals surface area (Å²) in [6.45, 7) is 2.38. The summed E-state index contributed by atoms with van der Waals surface area (Å²) in [5.41, 5.74) is 4.21.